The van der Waals surface area contributed by atoms with Crippen molar-refractivity contribution in [2.45, 2.75) is 61.4 Å². The molecular weight excluding hydrogens is 609 g/mol. The number of hydrogen-bond acceptors (Lipinski definition) is 17. The molecule has 12 atom stereocenters. The number of nitrogens with zero attached hydrogens (tertiary/aromatic N) is 4. The third-order valence-electron chi connectivity index (χ3n) is 6.07. The Balaban J connectivity index is 1.38. The molecule has 11 N–H and O–H groups in total. The van der Waals surface area contributed by atoms with Gasteiger partial charge in [0.05, 0.1) is 25.6 Å². The van der Waals surface area contributed by atoms with E-state index in [0.717, 1.165) is 0 Å². The first-order valence-electron chi connectivity index (χ1n) is 11.3. The molecule has 2 aromatic heterocycles. The summed E-state index contributed by atoms with van der Waals surface area (Å²) in [6, 6.07) is -1.12. The number of nitrogens with two attached hydrogens (primary N) is 2. The van der Waals surface area contributed by atoms with Gasteiger partial charge < -0.3 is 60.8 Å². The van der Waals surface area contributed by atoms with E-state index in [4.69, 9.17) is 42.4 Å². The van der Waals surface area contributed by atoms with Gasteiger partial charge in [-0.1, -0.05) is 0 Å². The highest BCUT2D eigenvalue weighted by Crippen LogP contribution is 2.61. The highest BCUT2D eigenvalue weighted by Gasteiger charge is 2.50. The smallest absolute Gasteiger partial charge is 0.393 e. The molecule has 2 fully saturated rings. The second-order valence-corrected chi connectivity index (χ2v) is 13.2. The molecule has 0 bridgehead atoms. The summed E-state index contributed by atoms with van der Waals surface area (Å²) in [6.07, 6.45) is -14.0. The summed E-state index contributed by atoms with van der Waals surface area (Å²) in [5.41, 5.74) is 12.2. The highest BCUT2D eigenvalue weighted by atomic mass is 32.5. The minimum atomic E-state index is -5.46. The zero-order valence-electron chi connectivity index (χ0n) is 20.0. The van der Waals surface area contributed by atoms with E-state index in [0.29, 0.717) is 0 Å². The number of anilines is 1. The van der Waals surface area contributed by atoms with Crippen LogP contribution in [0.4, 0.5) is 10.2 Å². The van der Waals surface area contributed by atoms with Crippen LogP contribution in [-0.4, -0.2) is 123 Å². The van der Waals surface area contributed by atoms with Crippen molar-refractivity contribution in [2.75, 3.05) is 18.9 Å². The van der Waals surface area contributed by atoms with Crippen LogP contribution in [0, 0.1) is 0 Å². The molecule has 19 nitrogen and oxygen atoms in total. The number of rotatable bonds is 10. The lowest BCUT2D eigenvalue weighted by Gasteiger charge is -2.41. The third kappa shape index (κ3) is 6.50. The summed E-state index contributed by atoms with van der Waals surface area (Å²) in [4.78, 5) is 32.3. The van der Waals surface area contributed by atoms with Crippen LogP contribution in [0.25, 0.3) is 11.2 Å². The Morgan fingerprint density at radius 1 is 1.12 bits per heavy atom. The Kier molecular flexibility index (Phi) is 9.55. The number of halogens is 1. The van der Waals surface area contributed by atoms with Gasteiger partial charge in [-0.3, -0.25) is 9.09 Å². The van der Waals surface area contributed by atoms with E-state index in [2.05, 4.69) is 23.8 Å². The summed E-state index contributed by atoms with van der Waals surface area (Å²) in [7, 11) is -5.46. The number of phosphoric ester groups is 1. The van der Waals surface area contributed by atoms with E-state index < -0.39 is 89.1 Å². The SMILES string of the molecule is Nc1ncnc2c1ncn2[C@@H]1O[C@H](COP(O)(=S)OP(=O)(O)OC2OC([C@@H](F)CO)C(O)C(O)C2O)[C@@H](N)[C@H]1O. The van der Waals surface area contributed by atoms with E-state index in [9.17, 15) is 39.2 Å². The highest BCUT2D eigenvalue weighted by molar-refractivity contribution is 8.08. The van der Waals surface area contributed by atoms with E-state index >= 15 is 0 Å². The van der Waals surface area contributed by atoms with Crippen molar-refractivity contribution in [3.63, 3.8) is 0 Å². The van der Waals surface area contributed by atoms with Crippen LogP contribution < -0.4 is 11.5 Å². The average molecular weight is 636 g/mol. The number of aliphatic hydroxyl groups excluding tert-OH is 5. The minimum Gasteiger partial charge on any atom is -0.393 e. The normalized spacial score (nSPS) is 36.8. The first kappa shape index (κ1) is 31.6. The summed E-state index contributed by atoms with van der Waals surface area (Å²) >= 11 is 4.72. The van der Waals surface area contributed by atoms with Gasteiger partial charge in [0.25, 0.3) is 0 Å². The summed E-state index contributed by atoms with van der Waals surface area (Å²) < 4.78 is 52.4. The van der Waals surface area contributed by atoms with Crippen molar-refractivity contribution >= 4 is 43.3 Å². The van der Waals surface area contributed by atoms with Crippen LogP contribution >= 0.6 is 14.5 Å². The van der Waals surface area contributed by atoms with Gasteiger partial charge in [-0.25, -0.2) is 28.2 Å². The van der Waals surface area contributed by atoms with Crippen molar-refractivity contribution in [1.29, 1.82) is 0 Å². The molecule has 4 rings (SSSR count). The van der Waals surface area contributed by atoms with Gasteiger partial charge >= 0.3 is 14.5 Å². The number of fused-ring (bicyclic) bond motifs is 1. The molecule has 0 aromatic carbocycles. The molecule has 7 unspecified atom stereocenters. The Labute approximate surface area is 228 Å². The van der Waals surface area contributed by atoms with Gasteiger partial charge in [0.1, 0.15) is 48.5 Å². The molecule has 0 aliphatic carbocycles. The molecule has 0 saturated carbocycles. The standard InChI is InChI=1S/C17H27FN6O13P2S/c18-5(1-25)13-11(28)10(27)12(29)17(35-13)36-38(30,31)37-39(32,40)33-2-6-7(19)9(26)16(34-6)24-4-23-8-14(20)21-3-22-15(8)24/h3-7,9-13,16-17,25-29H,1-2,19H2,(H,30,31)(H,32,40)(H2,20,21,22)/t5-,6+,7+,9+,10?,11?,12?,13?,16+,17?,39?/m0/s1. The van der Waals surface area contributed by atoms with Crippen molar-refractivity contribution in [3.05, 3.63) is 12.7 Å². The fourth-order valence-electron chi connectivity index (χ4n) is 4.03. The number of nitrogen functional groups attached to an aromatic ring is 1. The van der Waals surface area contributed by atoms with Gasteiger partial charge in [-0.05, 0) is 11.8 Å². The Bertz CT molecular complexity index is 1300. The number of aromatic nitrogens is 4. The average Bonchev–Trinajstić information content (AvgIpc) is 3.43. The molecule has 2 aliphatic rings. The zero-order valence-corrected chi connectivity index (χ0v) is 22.7. The molecule has 2 aliphatic heterocycles. The largest absolute Gasteiger partial charge is 0.481 e. The Hall–Kier alpha value is -1.36. The first-order chi connectivity index (χ1) is 18.7. The monoisotopic (exact) mass is 636 g/mol. The van der Waals surface area contributed by atoms with Crippen molar-refractivity contribution in [3.8, 4) is 0 Å². The number of ether oxygens (including phenoxy) is 2. The maximum absolute atomic E-state index is 13.9. The number of alkyl halides is 1. The Morgan fingerprint density at radius 3 is 2.50 bits per heavy atom. The van der Waals surface area contributed by atoms with E-state index in [1.54, 1.807) is 0 Å². The predicted octanol–water partition coefficient (Wildman–Crippen LogP) is -3.50. The minimum absolute atomic E-state index is 0.0828. The fraction of sp³-hybridized carbons (Fsp3) is 0.706. The predicted molar refractivity (Wildman–Crippen MR) is 131 cm³/mol. The maximum atomic E-state index is 13.9. The number of imidazole rings is 1. The second kappa shape index (κ2) is 12.1. The van der Waals surface area contributed by atoms with Gasteiger partial charge in [-0.2, -0.15) is 0 Å². The number of aliphatic hydroxyl groups is 5. The molecular formula is C17H27FN6O13P2S. The van der Waals surface area contributed by atoms with Crippen LogP contribution in [0.1, 0.15) is 6.23 Å². The lowest BCUT2D eigenvalue weighted by Crippen LogP contribution is -2.60. The number of phosphoric acid groups is 1. The molecule has 0 amide bonds. The van der Waals surface area contributed by atoms with E-state index in [1.807, 2.05) is 0 Å². The maximum Gasteiger partial charge on any atom is 0.481 e. The summed E-state index contributed by atoms with van der Waals surface area (Å²) in [6.45, 7) is -6.44. The Morgan fingerprint density at radius 2 is 1.82 bits per heavy atom. The molecule has 4 heterocycles. The van der Waals surface area contributed by atoms with Crippen LogP contribution in [-0.2, 0) is 39.2 Å². The van der Waals surface area contributed by atoms with Crippen LogP contribution in [0.2, 0.25) is 0 Å². The second-order valence-electron chi connectivity index (χ2n) is 8.78. The number of hydrogen-bond donors (Lipinski definition) is 9. The van der Waals surface area contributed by atoms with Gasteiger partial charge in [0.15, 0.2) is 30.2 Å². The van der Waals surface area contributed by atoms with Crippen molar-refractivity contribution < 1.29 is 67.1 Å². The lowest BCUT2D eigenvalue weighted by atomic mass is 9.96. The van der Waals surface area contributed by atoms with E-state index in [-0.39, 0.29) is 17.0 Å². The zero-order chi connectivity index (χ0) is 29.6. The van der Waals surface area contributed by atoms with Gasteiger partial charge in [0.2, 0.25) is 0 Å². The first-order valence-corrected chi connectivity index (χ1v) is 15.4. The van der Waals surface area contributed by atoms with Gasteiger partial charge in [-0.15, -0.1) is 0 Å². The molecule has 226 valence electrons. The van der Waals surface area contributed by atoms with Crippen molar-refractivity contribution in [1.82, 2.24) is 19.5 Å². The van der Waals surface area contributed by atoms with Crippen LogP contribution in [0.3, 0.4) is 0 Å². The molecule has 0 spiro atoms. The van der Waals surface area contributed by atoms with Gasteiger partial charge in [0, 0.05) is 0 Å². The van der Waals surface area contributed by atoms with Crippen LogP contribution in [0.5, 0.6) is 0 Å². The molecule has 2 saturated heterocycles. The van der Waals surface area contributed by atoms with E-state index in [1.165, 1.54) is 17.2 Å². The molecule has 0 radical (unpaired) electrons. The van der Waals surface area contributed by atoms with Crippen LogP contribution in [0.15, 0.2) is 12.7 Å². The molecule has 23 heteroatoms. The summed E-state index contributed by atoms with van der Waals surface area (Å²) in [5.74, 6) is 0.0828. The molecule has 40 heavy (non-hydrogen) atoms. The molecule has 2 aromatic rings. The van der Waals surface area contributed by atoms with Crippen molar-refractivity contribution in [2.24, 2.45) is 5.73 Å². The lowest BCUT2D eigenvalue weighted by molar-refractivity contribution is -0.287. The third-order valence-corrected chi connectivity index (χ3v) is 9.59. The quantitative estimate of drug-likeness (QED) is 0.114. The fourth-order valence-corrected chi connectivity index (χ4v) is 7.13. The summed E-state index contributed by atoms with van der Waals surface area (Å²) in [5, 5.41) is 49.3. The topological polar surface area (TPSA) is 300 Å².